The SMILES string of the molecule is C(=Nn1c(-c2ccco2)csc1=Nc1cccnc1)C(c1ccccc1)c1ccccc1. The van der Waals surface area contributed by atoms with E-state index in [1.165, 1.54) is 22.5 Å². The molecule has 32 heavy (non-hydrogen) atoms. The number of pyridine rings is 1. The Balaban J connectivity index is 1.63. The smallest absolute Gasteiger partial charge is 0.211 e. The Kier molecular flexibility index (Phi) is 5.85. The number of aromatic nitrogens is 2. The zero-order chi connectivity index (χ0) is 21.6. The molecule has 2 aromatic carbocycles. The monoisotopic (exact) mass is 436 g/mol. The Morgan fingerprint density at radius 2 is 1.62 bits per heavy atom. The first-order valence-corrected chi connectivity index (χ1v) is 11.1. The van der Waals surface area contributed by atoms with Crippen molar-refractivity contribution >= 4 is 23.2 Å². The molecule has 0 fully saturated rings. The molecule has 5 aromatic rings. The van der Waals surface area contributed by atoms with E-state index in [1.807, 2.05) is 76.9 Å². The average Bonchev–Trinajstić information content (AvgIpc) is 3.52. The number of hydrogen-bond donors (Lipinski definition) is 0. The van der Waals surface area contributed by atoms with Gasteiger partial charge in [0, 0.05) is 23.7 Å². The van der Waals surface area contributed by atoms with E-state index in [4.69, 9.17) is 14.5 Å². The van der Waals surface area contributed by atoms with Crippen molar-refractivity contribution < 1.29 is 4.42 Å². The lowest BCUT2D eigenvalue weighted by atomic mass is 9.92. The molecule has 0 unspecified atom stereocenters. The molecule has 3 aromatic heterocycles. The summed E-state index contributed by atoms with van der Waals surface area (Å²) in [6.07, 6.45) is 7.09. The molecule has 3 heterocycles. The Bertz CT molecular complexity index is 1320. The summed E-state index contributed by atoms with van der Waals surface area (Å²) in [6.45, 7) is 0. The van der Waals surface area contributed by atoms with Crippen LogP contribution in [-0.2, 0) is 0 Å². The number of rotatable bonds is 6. The summed E-state index contributed by atoms with van der Waals surface area (Å²) in [5.74, 6) is 0.738. The van der Waals surface area contributed by atoms with Crippen LogP contribution in [0.2, 0.25) is 0 Å². The van der Waals surface area contributed by atoms with E-state index in [-0.39, 0.29) is 5.92 Å². The standard InChI is InChI=1S/C26H20N4OS/c1-3-9-20(10-4-1)23(21-11-5-2-6-12-21)18-28-30-24(25-14-8-16-31-25)19-32-26(30)29-22-13-7-15-27-17-22/h1-19,23H. The molecule has 0 aliphatic rings. The van der Waals surface area contributed by atoms with Crippen molar-refractivity contribution in [3.63, 3.8) is 0 Å². The van der Waals surface area contributed by atoms with Crippen LogP contribution in [0.25, 0.3) is 11.5 Å². The van der Waals surface area contributed by atoms with Crippen molar-refractivity contribution in [3.05, 3.63) is 125 Å². The van der Waals surface area contributed by atoms with Crippen molar-refractivity contribution in [2.24, 2.45) is 10.1 Å². The lowest BCUT2D eigenvalue weighted by Crippen LogP contribution is -2.13. The van der Waals surface area contributed by atoms with Crippen LogP contribution in [-0.4, -0.2) is 15.9 Å². The van der Waals surface area contributed by atoms with E-state index in [9.17, 15) is 0 Å². The van der Waals surface area contributed by atoms with Crippen LogP contribution in [0.1, 0.15) is 17.0 Å². The highest BCUT2D eigenvalue weighted by Crippen LogP contribution is 2.24. The predicted octanol–water partition coefficient (Wildman–Crippen LogP) is 6.10. The van der Waals surface area contributed by atoms with Crippen molar-refractivity contribution in [2.75, 3.05) is 0 Å². The van der Waals surface area contributed by atoms with Crippen LogP contribution in [0.5, 0.6) is 0 Å². The highest BCUT2D eigenvalue weighted by Gasteiger charge is 2.14. The largest absolute Gasteiger partial charge is 0.463 e. The van der Waals surface area contributed by atoms with Crippen LogP contribution >= 0.6 is 11.3 Å². The third-order valence-electron chi connectivity index (χ3n) is 4.98. The van der Waals surface area contributed by atoms with Crippen molar-refractivity contribution in [3.8, 4) is 11.5 Å². The summed E-state index contributed by atoms with van der Waals surface area (Å²) < 4.78 is 7.49. The molecular formula is C26H20N4OS. The van der Waals surface area contributed by atoms with E-state index in [0.717, 1.165) is 21.9 Å². The van der Waals surface area contributed by atoms with Gasteiger partial charge in [-0.3, -0.25) is 4.98 Å². The van der Waals surface area contributed by atoms with E-state index in [0.29, 0.717) is 0 Å². The highest BCUT2D eigenvalue weighted by atomic mass is 32.1. The van der Waals surface area contributed by atoms with Crippen molar-refractivity contribution in [1.82, 2.24) is 9.66 Å². The van der Waals surface area contributed by atoms with Gasteiger partial charge in [0.2, 0.25) is 4.80 Å². The second kappa shape index (κ2) is 9.41. The van der Waals surface area contributed by atoms with Gasteiger partial charge in [0.1, 0.15) is 5.69 Å². The molecule has 6 heteroatoms. The minimum absolute atomic E-state index is 0.000456. The molecule has 0 N–H and O–H groups in total. The topological polar surface area (TPSA) is 55.7 Å². The Morgan fingerprint density at radius 1 is 0.875 bits per heavy atom. The fraction of sp³-hybridized carbons (Fsp3) is 0.0385. The summed E-state index contributed by atoms with van der Waals surface area (Å²) in [7, 11) is 0. The normalized spacial score (nSPS) is 12.1. The number of hydrogen-bond acceptors (Lipinski definition) is 5. The van der Waals surface area contributed by atoms with Gasteiger partial charge in [0.15, 0.2) is 5.76 Å². The first kappa shape index (κ1) is 19.9. The Hall–Kier alpha value is -4.03. The molecule has 0 saturated carbocycles. The van der Waals surface area contributed by atoms with E-state index < -0.39 is 0 Å². The minimum Gasteiger partial charge on any atom is -0.463 e. The summed E-state index contributed by atoms with van der Waals surface area (Å²) in [5.41, 5.74) is 3.96. The summed E-state index contributed by atoms with van der Waals surface area (Å²) in [5, 5.41) is 6.90. The van der Waals surface area contributed by atoms with Crippen LogP contribution in [0.15, 0.2) is 123 Å². The van der Waals surface area contributed by atoms with E-state index in [2.05, 4.69) is 29.2 Å². The maximum absolute atomic E-state index is 5.66. The summed E-state index contributed by atoms with van der Waals surface area (Å²) >= 11 is 1.51. The summed E-state index contributed by atoms with van der Waals surface area (Å²) in [4.78, 5) is 9.66. The second-order valence-electron chi connectivity index (χ2n) is 7.08. The zero-order valence-electron chi connectivity index (χ0n) is 17.2. The van der Waals surface area contributed by atoms with Crippen LogP contribution in [0.4, 0.5) is 5.69 Å². The second-order valence-corrected chi connectivity index (χ2v) is 7.92. The number of nitrogens with zero attached hydrogens (tertiary/aromatic N) is 4. The summed E-state index contributed by atoms with van der Waals surface area (Å²) in [6, 6.07) is 28.3. The van der Waals surface area contributed by atoms with Gasteiger partial charge >= 0.3 is 0 Å². The number of furan rings is 1. The van der Waals surface area contributed by atoms with Gasteiger partial charge in [-0.15, -0.1) is 11.3 Å². The first-order chi connectivity index (χ1) is 15.9. The van der Waals surface area contributed by atoms with Gasteiger partial charge in [-0.25, -0.2) is 9.67 Å². The number of thiazole rings is 1. The fourth-order valence-electron chi connectivity index (χ4n) is 3.43. The lowest BCUT2D eigenvalue weighted by molar-refractivity contribution is 0.575. The van der Waals surface area contributed by atoms with Gasteiger partial charge in [-0.2, -0.15) is 5.10 Å². The van der Waals surface area contributed by atoms with Crippen LogP contribution in [0, 0.1) is 0 Å². The van der Waals surface area contributed by atoms with Gasteiger partial charge in [-0.1, -0.05) is 60.7 Å². The van der Waals surface area contributed by atoms with Crippen LogP contribution < -0.4 is 4.80 Å². The van der Waals surface area contributed by atoms with Gasteiger partial charge in [0.05, 0.1) is 18.1 Å². The first-order valence-electron chi connectivity index (χ1n) is 10.2. The predicted molar refractivity (Wildman–Crippen MR) is 128 cm³/mol. The van der Waals surface area contributed by atoms with Gasteiger partial charge < -0.3 is 4.42 Å². The molecule has 5 nitrogen and oxygen atoms in total. The van der Waals surface area contributed by atoms with E-state index in [1.54, 1.807) is 18.7 Å². The van der Waals surface area contributed by atoms with Gasteiger partial charge in [-0.05, 0) is 35.4 Å². The number of benzene rings is 2. The van der Waals surface area contributed by atoms with Crippen LogP contribution in [0.3, 0.4) is 0 Å². The molecule has 0 radical (unpaired) electrons. The molecule has 0 aliphatic heterocycles. The van der Waals surface area contributed by atoms with Gasteiger partial charge in [0.25, 0.3) is 0 Å². The molecule has 5 rings (SSSR count). The van der Waals surface area contributed by atoms with Crippen molar-refractivity contribution in [2.45, 2.75) is 5.92 Å². The molecule has 0 amide bonds. The van der Waals surface area contributed by atoms with Crippen molar-refractivity contribution in [1.29, 1.82) is 0 Å². The van der Waals surface area contributed by atoms with E-state index >= 15 is 0 Å². The molecular weight excluding hydrogens is 416 g/mol. The zero-order valence-corrected chi connectivity index (χ0v) is 18.0. The average molecular weight is 437 g/mol. The maximum atomic E-state index is 5.66. The fourth-order valence-corrected chi connectivity index (χ4v) is 4.27. The minimum atomic E-state index is 0.000456. The molecule has 0 bridgehead atoms. The lowest BCUT2D eigenvalue weighted by Gasteiger charge is -2.13. The quantitative estimate of drug-likeness (QED) is 0.302. The molecule has 156 valence electrons. The molecule has 0 spiro atoms. The molecule has 0 atom stereocenters. The highest BCUT2D eigenvalue weighted by molar-refractivity contribution is 7.07. The Labute approximate surface area is 189 Å². The maximum Gasteiger partial charge on any atom is 0.211 e. The molecule has 0 aliphatic carbocycles. The third-order valence-corrected chi connectivity index (χ3v) is 5.79. The Morgan fingerprint density at radius 3 is 2.25 bits per heavy atom. The molecule has 0 saturated heterocycles. The third kappa shape index (κ3) is 4.36.